The molecule has 1 saturated heterocycles. The van der Waals surface area contributed by atoms with Gasteiger partial charge in [-0.3, -0.25) is 9.78 Å². The fourth-order valence-corrected chi connectivity index (χ4v) is 3.23. The molecule has 0 bridgehead atoms. The number of urea groups is 1. The molecule has 26 heavy (non-hydrogen) atoms. The van der Waals surface area contributed by atoms with Crippen molar-refractivity contribution < 1.29 is 9.59 Å². The third kappa shape index (κ3) is 2.92. The Balaban J connectivity index is 1.95. The summed E-state index contributed by atoms with van der Waals surface area (Å²) in [5, 5.41) is 0. The van der Waals surface area contributed by atoms with Gasteiger partial charge in [0.1, 0.15) is 5.54 Å². The van der Waals surface area contributed by atoms with Crippen molar-refractivity contribution in [2.45, 2.75) is 45.7 Å². The average Bonchev–Trinajstić information content (AvgIpc) is 2.75. The number of rotatable bonds is 4. The number of nitrogens with zero attached hydrogens (tertiary/aromatic N) is 3. The van der Waals surface area contributed by atoms with Crippen molar-refractivity contribution in [2.75, 3.05) is 10.6 Å². The SMILES string of the molecule is CC(C)c1ccc(N2C(=O)N(Cc3ccncc3)C(C)(C)C2=O)cc1N. The van der Waals surface area contributed by atoms with E-state index >= 15 is 0 Å². The fourth-order valence-electron chi connectivity index (χ4n) is 3.23. The second kappa shape index (κ2) is 6.44. The van der Waals surface area contributed by atoms with E-state index in [9.17, 15) is 9.59 Å². The molecule has 0 radical (unpaired) electrons. The van der Waals surface area contributed by atoms with Gasteiger partial charge in [-0.2, -0.15) is 0 Å². The lowest BCUT2D eigenvalue weighted by atomic mass is 10.00. The van der Waals surface area contributed by atoms with Crippen LogP contribution in [0, 0.1) is 0 Å². The summed E-state index contributed by atoms with van der Waals surface area (Å²) in [5.41, 5.74) is 8.21. The third-order valence-corrected chi connectivity index (χ3v) is 4.86. The van der Waals surface area contributed by atoms with Crippen molar-refractivity contribution in [3.05, 3.63) is 53.9 Å². The van der Waals surface area contributed by atoms with Crippen molar-refractivity contribution >= 4 is 23.3 Å². The first kappa shape index (κ1) is 17.9. The van der Waals surface area contributed by atoms with Gasteiger partial charge in [0.15, 0.2) is 0 Å². The minimum Gasteiger partial charge on any atom is -0.398 e. The number of nitrogens with two attached hydrogens (primary N) is 1. The number of nitrogen functional groups attached to an aromatic ring is 1. The molecule has 2 aromatic rings. The highest BCUT2D eigenvalue weighted by Crippen LogP contribution is 2.35. The Kier molecular flexibility index (Phi) is 4.44. The molecule has 0 atom stereocenters. The first-order valence-electron chi connectivity index (χ1n) is 8.68. The van der Waals surface area contributed by atoms with E-state index in [1.807, 2.05) is 18.2 Å². The highest BCUT2D eigenvalue weighted by molar-refractivity contribution is 6.23. The first-order chi connectivity index (χ1) is 12.2. The largest absolute Gasteiger partial charge is 0.398 e. The normalized spacial score (nSPS) is 16.7. The van der Waals surface area contributed by atoms with Crippen LogP contribution in [0.5, 0.6) is 0 Å². The molecule has 1 aromatic carbocycles. The number of carbonyl (C=O) groups excluding carboxylic acids is 2. The van der Waals surface area contributed by atoms with Gasteiger partial charge in [-0.15, -0.1) is 0 Å². The average molecular weight is 352 g/mol. The van der Waals surface area contributed by atoms with Crippen molar-refractivity contribution in [1.82, 2.24) is 9.88 Å². The van der Waals surface area contributed by atoms with Crippen molar-refractivity contribution in [1.29, 1.82) is 0 Å². The van der Waals surface area contributed by atoms with Crippen LogP contribution >= 0.6 is 0 Å². The monoisotopic (exact) mass is 352 g/mol. The molecule has 2 heterocycles. The molecule has 1 aromatic heterocycles. The molecule has 6 heteroatoms. The summed E-state index contributed by atoms with van der Waals surface area (Å²) in [5.74, 6) is 0.0157. The van der Waals surface area contributed by atoms with E-state index in [-0.39, 0.29) is 17.9 Å². The van der Waals surface area contributed by atoms with E-state index < -0.39 is 5.54 Å². The Hall–Kier alpha value is -2.89. The van der Waals surface area contributed by atoms with E-state index in [2.05, 4.69) is 18.8 Å². The highest BCUT2D eigenvalue weighted by atomic mass is 16.2. The van der Waals surface area contributed by atoms with Crippen LogP contribution in [0.4, 0.5) is 16.2 Å². The molecule has 1 aliphatic heterocycles. The molecule has 3 rings (SSSR count). The molecule has 0 unspecified atom stereocenters. The van der Waals surface area contributed by atoms with Crippen LogP contribution in [0.3, 0.4) is 0 Å². The van der Waals surface area contributed by atoms with Gasteiger partial charge in [0, 0.05) is 24.6 Å². The lowest BCUT2D eigenvalue weighted by molar-refractivity contribution is -0.123. The molecule has 0 spiro atoms. The summed E-state index contributed by atoms with van der Waals surface area (Å²) < 4.78 is 0. The second-order valence-corrected chi connectivity index (χ2v) is 7.39. The van der Waals surface area contributed by atoms with Crippen LogP contribution in [0.1, 0.15) is 44.7 Å². The lowest BCUT2D eigenvalue weighted by Crippen LogP contribution is -2.43. The van der Waals surface area contributed by atoms with Gasteiger partial charge in [0.2, 0.25) is 0 Å². The summed E-state index contributed by atoms with van der Waals surface area (Å²) in [4.78, 5) is 32.8. The number of aromatic nitrogens is 1. The van der Waals surface area contributed by atoms with Gasteiger partial charge in [-0.05, 0) is 55.2 Å². The smallest absolute Gasteiger partial charge is 0.332 e. The maximum absolute atomic E-state index is 13.0. The first-order valence-corrected chi connectivity index (χ1v) is 8.68. The fraction of sp³-hybridized carbons (Fsp3) is 0.350. The van der Waals surface area contributed by atoms with Crippen molar-refractivity contribution in [3.8, 4) is 0 Å². The maximum atomic E-state index is 13.0. The van der Waals surface area contributed by atoms with Crippen LogP contribution in [-0.2, 0) is 11.3 Å². The Labute approximate surface area is 153 Å². The Bertz CT molecular complexity index is 846. The summed E-state index contributed by atoms with van der Waals surface area (Å²) in [7, 11) is 0. The van der Waals surface area contributed by atoms with E-state index in [0.717, 1.165) is 11.1 Å². The predicted octanol–water partition coefficient (Wildman–Crippen LogP) is 3.53. The van der Waals surface area contributed by atoms with Crippen LogP contribution in [0.15, 0.2) is 42.7 Å². The quantitative estimate of drug-likeness (QED) is 0.674. The molecule has 1 fully saturated rings. The zero-order valence-electron chi connectivity index (χ0n) is 15.6. The Morgan fingerprint density at radius 1 is 1.12 bits per heavy atom. The predicted molar refractivity (Wildman–Crippen MR) is 102 cm³/mol. The molecule has 2 N–H and O–H groups in total. The minimum absolute atomic E-state index is 0.256. The summed E-state index contributed by atoms with van der Waals surface area (Å²) in [6, 6.07) is 8.71. The minimum atomic E-state index is -0.939. The highest BCUT2D eigenvalue weighted by Gasteiger charge is 2.51. The number of pyridine rings is 1. The van der Waals surface area contributed by atoms with Gasteiger partial charge < -0.3 is 10.6 Å². The van der Waals surface area contributed by atoms with Crippen LogP contribution in [0.2, 0.25) is 0 Å². The summed E-state index contributed by atoms with van der Waals surface area (Å²) in [6.45, 7) is 7.98. The molecule has 3 amide bonds. The third-order valence-electron chi connectivity index (χ3n) is 4.86. The second-order valence-electron chi connectivity index (χ2n) is 7.39. The number of anilines is 2. The zero-order chi connectivity index (χ0) is 19.1. The maximum Gasteiger partial charge on any atom is 0.332 e. The van der Waals surface area contributed by atoms with E-state index in [1.165, 1.54) is 4.90 Å². The summed E-state index contributed by atoms with van der Waals surface area (Å²) in [6.07, 6.45) is 3.35. The molecule has 1 aliphatic rings. The molecule has 6 nitrogen and oxygen atoms in total. The standard InChI is InChI=1S/C20H24N4O2/c1-13(2)16-6-5-15(11-17(16)21)24-18(25)20(3,4)23(19(24)26)12-14-7-9-22-10-8-14/h5-11,13H,12,21H2,1-4H3. The van der Waals surface area contributed by atoms with E-state index in [0.29, 0.717) is 17.9 Å². The topological polar surface area (TPSA) is 79.5 Å². The number of benzene rings is 1. The molecule has 0 saturated carbocycles. The molecule has 136 valence electrons. The van der Waals surface area contributed by atoms with Crippen LogP contribution < -0.4 is 10.6 Å². The number of imide groups is 1. The van der Waals surface area contributed by atoms with Crippen LogP contribution in [0.25, 0.3) is 0 Å². The van der Waals surface area contributed by atoms with Gasteiger partial charge in [0.05, 0.1) is 5.69 Å². The number of carbonyl (C=O) groups is 2. The molecular weight excluding hydrogens is 328 g/mol. The molecular formula is C20H24N4O2. The van der Waals surface area contributed by atoms with Gasteiger partial charge in [0.25, 0.3) is 5.91 Å². The van der Waals surface area contributed by atoms with Gasteiger partial charge >= 0.3 is 6.03 Å². The van der Waals surface area contributed by atoms with Crippen molar-refractivity contribution in [2.24, 2.45) is 0 Å². The Morgan fingerprint density at radius 3 is 2.35 bits per heavy atom. The molecule has 0 aliphatic carbocycles. The number of hydrogen-bond acceptors (Lipinski definition) is 4. The Morgan fingerprint density at radius 2 is 1.77 bits per heavy atom. The summed E-state index contributed by atoms with van der Waals surface area (Å²) >= 11 is 0. The van der Waals surface area contributed by atoms with Gasteiger partial charge in [-0.1, -0.05) is 19.9 Å². The van der Waals surface area contributed by atoms with Crippen molar-refractivity contribution in [3.63, 3.8) is 0 Å². The lowest BCUT2D eigenvalue weighted by Gasteiger charge is -2.27. The van der Waals surface area contributed by atoms with Gasteiger partial charge in [-0.25, -0.2) is 9.69 Å². The zero-order valence-corrected chi connectivity index (χ0v) is 15.6. The van der Waals surface area contributed by atoms with Crippen LogP contribution in [-0.4, -0.2) is 27.4 Å². The van der Waals surface area contributed by atoms with E-state index in [1.54, 1.807) is 43.3 Å². The van der Waals surface area contributed by atoms with E-state index in [4.69, 9.17) is 5.73 Å². The number of amides is 3. The number of hydrogen-bond donors (Lipinski definition) is 1.